The van der Waals surface area contributed by atoms with E-state index in [1.54, 1.807) is 18.2 Å². The Morgan fingerprint density at radius 2 is 0.600 bits per heavy atom. The Morgan fingerprint density at radius 1 is 0.347 bits per heavy atom. The van der Waals surface area contributed by atoms with Crippen molar-refractivity contribution in [1.29, 1.82) is 0 Å². The molecule has 1 aromatic heterocycles. The molecule has 39 heteroatoms. The normalized spacial score (nSPS) is 47.1. The number of hydrogen-bond acceptors (Lipinski definition) is 37. The second-order valence-corrected chi connectivity index (χ2v) is 25.9. The summed E-state index contributed by atoms with van der Waals surface area (Å²) in [5, 5.41) is 225. The van der Waals surface area contributed by atoms with Crippen molar-refractivity contribution in [3.8, 4) is 5.69 Å². The maximum absolute atomic E-state index is 13.8. The summed E-state index contributed by atoms with van der Waals surface area (Å²) in [5.41, 5.74) is 0.0930. The van der Waals surface area contributed by atoms with E-state index >= 15 is 0 Å². The molecule has 534 valence electrons. The molecule has 0 unspecified atom stereocenters. The first-order valence-corrected chi connectivity index (χ1v) is 31.8. The van der Waals surface area contributed by atoms with Gasteiger partial charge in [0.15, 0.2) is 31.5 Å². The van der Waals surface area contributed by atoms with Gasteiger partial charge in [-0.1, -0.05) is 0 Å². The number of carbonyl (C=O) groups is 1. The van der Waals surface area contributed by atoms with Crippen molar-refractivity contribution in [1.82, 2.24) is 3.56 Å². The molecular weight excluding hydrogens is 1360 g/mol. The zero-order valence-corrected chi connectivity index (χ0v) is 51.2. The molecule has 0 aliphatic carbocycles. The summed E-state index contributed by atoms with van der Waals surface area (Å²) in [6.45, 7) is -7.46. The average molecular weight is 1440 g/mol. The fourth-order valence-electron chi connectivity index (χ4n) is 12.5. The van der Waals surface area contributed by atoms with E-state index in [1.807, 2.05) is 6.07 Å². The van der Waals surface area contributed by atoms with Crippen LogP contribution in [0.25, 0.3) is 15.3 Å². The molecule has 21 aliphatic rings. The van der Waals surface area contributed by atoms with Crippen LogP contribution in [0.2, 0.25) is 0 Å². The fourth-order valence-corrected chi connectivity index (χ4v) is 14.6. The van der Waals surface area contributed by atoms with Gasteiger partial charge in [-0.05, 0) is 0 Å². The quantitative estimate of drug-likeness (QED) is 0.0662. The zero-order chi connectivity index (χ0) is 68.2. The predicted octanol–water partition coefficient (Wildman–Crippen LogP) is -13.0. The second-order valence-electron chi connectivity index (χ2n) is 23.8. The van der Waals surface area contributed by atoms with Crippen molar-refractivity contribution in [3.05, 3.63) is 64.4 Å². The van der Waals surface area contributed by atoms with E-state index in [2.05, 4.69) is 0 Å². The van der Waals surface area contributed by atoms with Gasteiger partial charge >= 0.3 is 176 Å². The molecule has 35 atom stereocenters. The van der Waals surface area contributed by atoms with Gasteiger partial charge in [-0.2, -0.15) is 0 Å². The van der Waals surface area contributed by atoms with Crippen LogP contribution in [-0.2, 0) is 71.1 Å². The Kier molecular flexibility index (Phi) is 23.6. The summed E-state index contributed by atoms with van der Waals surface area (Å²) in [5.74, 6) is -1.05. The van der Waals surface area contributed by atoms with Gasteiger partial charge in [-0.3, -0.25) is 0 Å². The molecule has 22 heterocycles. The molecule has 21 saturated heterocycles. The number of aliphatic hydroxyl groups is 20. The molecule has 21 aliphatic heterocycles. The van der Waals surface area contributed by atoms with Gasteiger partial charge in [-0.15, -0.1) is 0 Å². The number of fused-ring (bicyclic) bond motifs is 1. The van der Waals surface area contributed by atoms with Gasteiger partial charge in [0.2, 0.25) is 0 Å². The van der Waals surface area contributed by atoms with Crippen LogP contribution < -0.4 is 5.56 Å². The number of esters is 1. The van der Waals surface area contributed by atoms with E-state index in [0.717, 1.165) is 4.26 Å². The molecule has 38 nitrogen and oxygen atoms in total. The first kappa shape index (κ1) is 72.8. The topological polar surface area (TPSA) is 582 Å². The molecule has 0 radical (unpaired) electrons. The molecule has 95 heavy (non-hydrogen) atoms. The van der Waals surface area contributed by atoms with Gasteiger partial charge in [0, 0.05) is 0 Å². The van der Waals surface area contributed by atoms with Gasteiger partial charge in [-0.25, -0.2) is 0 Å². The molecule has 0 amide bonds. The van der Waals surface area contributed by atoms with Crippen LogP contribution in [-0.4, -0.2) is 388 Å². The number of rotatable bonds is 10. The number of benzene rings is 2. The first-order valence-electron chi connectivity index (χ1n) is 30.2. The Labute approximate surface area is 541 Å². The third-order valence-electron chi connectivity index (χ3n) is 17.8. The second kappa shape index (κ2) is 30.8. The van der Waals surface area contributed by atoms with Gasteiger partial charge in [0.25, 0.3) is 0 Å². The predicted molar refractivity (Wildman–Crippen MR) is 298 cm³/mol. The molecule has 21 fully saturated rings. The maximum atomic E-state index is 13.8. The molecule has 0 spiro atoms. The average Bonchev–Trinajstić information content (AvgIpc) is 1.44. The van der Waals surface area contributed by atoms with Crippen LogP contribution in [0.5, 0.6) is 0 Å². The summed E-state index contributed by atoms with van der Waals surface area (Å²) in [7, 11) is 0. The van der Waals surface area contributed by atoms with Crippen molar-refractivity contribution in [2.75, 3.05) is 46.2 Å². The van der Waals surface area contributed by atoms with E-state index in [9.17, 15) is 112 Å². The van der Waals surface area contributed by atoms with E-state index in [1.165, 1.54) is 27.8 Å². The van der Waals surface area contributed by atoms with E-state index in [4.69, 9.17) is 71.1 Å². The van der Waals surface area contributed by atoms with E-state index in [-0.39, 0.29) is 11.1 Å². The third kappa shape index (κ3) is 14.3. The SMILES string of the molecule is O=C(OC[C@H]1O[C@@H]2O[C@H]3[C@H](O)[C@@H](O)[C@@H](O[C@H]4[C@H](O)[C@@H](O)[C@@H](O[C@H]5[C@H](O)[C@@H](O)[C@@H](O[C@H]6[C@H](O)[C@@H](O)[C@@H](O[C@H]7[C@H](O)[C@@H](O)[C@@H](O[C@H]8[C@H](O)[C@@H](O)[C@@H](O[C@H]1[C@H](O)[C@H]2O)O[C@@H]8CO)O[C@@H]7CO)O[C@@H]6CO)O[C@@H]5CO)O[C@@H]4CO)O[C@@H]3CO)c1ccc(-n2[se]c3ccccc3c2=O)cc1. The number of hydrogen-bond donors (Lipinski definition) is 20. The number of nitrogens with zero attached hydrogens (tertiary/aromatic N) is 1. The zero-order valence-electron chi connectivity index (χ0n) is 49.5. The summed E-state index contributed by atoms with van der Waals surface area (Å²) in [4.78, 5) is 27.0. The van der Waals surface area contributed by atoms with Crippen molar-refractivity contribution >= 4 is 30.3 Å². The number of aliphatic hydroxyl groups excluding tert-OH is 20. The first-order chi connectivity index (χ1) is 45.4. The summed E-state index contributed by atoms with van der Waals surface area (Å²) in [6, 6.07) is 12.7. The summed E-state index contributed by atoms with van der Waals surface area (Å²) >= 11 is -0.440. The number of carbonyl (C=O) groups excluding carboxylic acids is 1. The van der Waals surface area contributed by atoms with E-state index < -0.39 is 282 Å². The molecular formula is C56H77NO37Se. The van der Waals surface area contributed by atoms with Gasteiger partial charge in [0.05, 0.1) is 39.6 Å². The van der Waals surface area contributed by atoms with Crippen LogP contribution in [0.1, 0.15) is 10.4 Å². The molecule has 2 aromatic carbocycles. The fraction of sp³-hybridized carbons (Fsp3) is 0.750. The minimum absolute atomic E-state index is 0.0867. The van der Waals surface area contributed by atoms with Gasteiger partial charge in [0.1, 0.15) is 146 Å². The van der Waals surface area contributed by atoms with Crippen molar-refractivity contribution < 1.29 is 178 Å². The molecule has 0 saturated carbocycles. The van der Waals surface area contributed by atoms with Crippen LogP contribution in [0, 0.1) is 0 Å². The van der Waals surface area contributed by atoms with Gasteiger partial charge < -0.3 is 149 Å². The molecule has 20 N–H and O–H groups in total. The summed E-state index contributed by atoms with van der Waals surface area (Å²) in [6.07, 6.45) is -72.5. The Morgan fingerprint density at radius 3 is 0.863 bits per heavy atom. The Bertz CT molecular complexity index is 3030. The molecule has 14 bridgehead atoms. The minimum atomic E-state index is -2.32. The van der Waals surface area contributed by atoms with Crippen LogP contribution in [0.15, 0.2) is 53.3 Å². The van der Waals surface area contributed by atoms with Crippen LogP contribution in [0.3, 0.4) is 0 Å². The van der Waals surface area contributed by atoms with Crippen LogP contribution in [0.4, 0.5) is 0 Å². The molecule has 24 rings (SSSR count). The standard InChI is InChI=1S/C56H77NO37Se/c58-9-19-41-28(65)35(72)51(82-19)90-43-21(11-60)84-53(37(74)30(43)67)92-45-23(13-62)86-55(39(76)32(45)69)94-47-25(15-80-49(79)16-5-7-17(8-6-16)57-48(78)18-3-1-2-4-26(18)95-57)87-56(40(77)33(47)70)93-46-24(14-63)85-54(38(75)31(46)68)91-44-22(12-61)83-52(36(73)29(44)66)89-42-20(10-59)81-50(88-41)34(71)27(42)64/h1-8,19-25,27-47,50-56,58-77H,9-15H2/t19-,20-,21-,22-,23-,24-,25-,27-,28-,29-,30-,31-,32-,33-,34-,35-,36-,37-,38-,39-,40-,41-,42-,43-,44-,45-,46-,47-,50-,51-,52-,53-,54-,55-,56-/m1/s1. The van der Waals surface area contributed by atoms with Crippen LogP contribution >= 0.6 is 0 Å². The number of ether oxygens (including phenoxy) is 15. The van der Waals surface area contributed by atoms with Crippen molar-refractivity contribution in [3.63, 3.8) is 0 Å². The Hall–Kier alpha value is -3.46. The monoisotopic (exact) mass is 1440 g/mol. The molecule has 3 aromatic rings. The Balaban J connectivity index is 0.881. The third-order valence-corrected chi connectivity index (χ3v) is 20.1. The van der Waals surface area contributed by atoms with Crippen molar-refractivity contribution in [2.24, 2.45) is 0 Å². The number of aromatic nitrogens is 1. The van der Waals surface area contributed by atoms with E-state index in [0.29, 0.717) is 11.1 Å². The summed E-state index contributed by atoms with van der Waals surface area (Å²) < 4.78 is 89.2. The van der Waals surface area contributed by atoms with Crippen molar-refractivity contribution in [2.45, 2.75) is 215 Å².